The molecule has 7 nitrogen and oxygen atoms in total. The first-order chi connectivity index (χ1) is 13.0. The molecule has 3 rings (SSSR count). The minimum atomic E-state index is -0.170. The molecule has 2 N–H and O–H groups in total. The van der Waals surface area contributed by atoms with Crippen LogP contribution in [-0.2, 0) is 16.0 Å². The van der Waals surface area contributed by atoms with Crippen LogP contribution in [0.4, 0.5) is 0 Å². The highest BCUT2D eigenvalue weighted by Crippen LogP contribution is 2.08. The molecular formula is C20H28N4O3. The monoisotopic (exact) mass is 372 g/mol. The number of aromatic nitrogens is 2. The summed E-state index contributed by atoms with van der Waals surface area (Å²) in [5.74, 6) is 1.09. The number of nitrogens with zero attached hydrogens (tertiary/aromatic N) is 2. The fraction of sp³-hybridized carbons (Fsp3) is 0.550. The molecule has 146 valence electrons. The Balaban J connectivity index is 1.47. The molecule has 1 saturated heterocycles. The lowest BCUT2D eigenvalue weighted by Gasteiger charge is -2.33. The largest absolute Gasteiger partial charge is 0.374 e. The zero-order valence-electron chi connectivity index (χ0n) is 16.0. The summed E-state index contributed by atoms with van der Waals surface area (Å²) in [5.41, 5.74) is 0.481. The van der Waals surface area contributed by atoms with E-state index in [9.17, 15) is 9.59 Å². The number of hydrogen-bond acceptors (Lipinski definition) is 5. The Morgan fingerprint density at radius 1 is 1.41 bits per heavy atom. The Morgan fingerprint density at radius 2 is 2.22 bits per heavy atom. The van der Waals surface area contributed by atoms with Gasteiger partial charge in [-0.1, -0.05) is 26.0 Å². The van der Waals surface area contributed by atoms with Crippen molar-refractivity contribution in [2.75, 3.05) is 32.8 Å². The van der Waals surface area contributed by atoms with Crippen LogP contribution in [0.3, 0.4) is 0 Å². The summed E-state index contributed by atoms with van der Waals surface area (Å²) in [6, 6.07) is 7.20. The highest BCUT2D eigenvalue weighted by molar-refractivity contribution is 5.78. The van der Waals surface area contributed by atoms with E-state index >= 15 is 0 Å². The summed E-state index contributed by atoms with van der Waals surface area (Å²) >= 11 is 0. The molecule has 2 heterocycles. The fourth-order valence-electron chi connectivity index (χ4n) is 3.39. The third-order valence-corrected chi connectivity index (χ3v) is 4.62. The maximum Gasteiger partial charge on any atom is 0.258 e. The first-order valence-electron chi connectivity index (χ1n) is 9.60. The molecule has 7 heteroatoms. The Kier molecular flexibility index (Phi) is 6.58. The van der Waals surface area contributed by atoms with Gasteiger partial charge in [0.15, 0.2) is 0 Å². The number of hydrogen-bond donors (Lipinski definition) is 2. The first-order valence-corrected chi connectivity index (χ1v) is 9.60. The van der Waals surface area contributed by atoms with Crippen molar-refractivity contribution in [3.8, 4) is 0 Å². The second-order valence-corrected chi connectivity index (χ2v) is 7.48. The fourth-order valence-corrected chi connectivity index (χ4v) is 3.39. The van der Waals surface area contributed by atoms with Gasteiger partial charge in [-0.2, -0.15) is 0 Å². The molecule has 0 saturated carbocycles. The van der Waals surface area contributed by atoms with Crippen molar-refractivity contribution in [3.05, 3.63) is 40.4 Å². The second kappa shape index (κ2) is 9.10. The number of aromatic amines is 1. The van der Waals surface area contributed by atoms with E-state index in [1.165, 1.54) is 0 Å². The number of morpholine rings is 1. The molecule has 2 aromatic rings. The van der Waals surface area contributed by atoms with Crippen LogP contribution >= 0.6 is 0 Å². The number of aryl methyl sites for hydroxylation is 1. The van der Waals surface area contributed by atoms with Gasteiger partial charge in [-0.3, -0.25) is 14.5 Å². The van der Waals surface area contributed by atoms with E-state index in [0.717, 1.165) is 19.6 Å². The van der Waals surface area contributed by atoms with E-state index in [1.54, 1.807) is 12.1 Å². The van der Waals surface area contributed by atoms with Crippen LogP contribution in [0, 0.1) is 5.92 Å². The number of para-hydroxylation sites is 1. The molecule has 0 aliphatic carbocycles. The third kappa shape index (κ3) is 5.61. The molecular weight excluding hydrogens is 344 g/mol. The van der Waals surface area contributed by atoms with Crippen LogP contribution in [0.15, 0.2) is 29.1 Å². The summed E-state index contributed by atoms with van der Waals surface area (Å²) in [5, 5.41) is 3.50. The Labute approximate surface area is 159 Å². The Hall–Kier alpha value is -2.25. The molecule has 1 atom stereocenters. The van der Waals surface area contributed by atoms with Gasteiger partial charge in [0.05, 0.1) is 23.6 Å². The zero-order valence-corrected chi connectivity index (χ0v) is 16.0. The van der Waals surface area contributed by atoms with Crippen molar-refractivity contribution < 1.29 is 9.53 Å². The van der Waals surface area contributed by atoms with Crippen molar-refractivity contribution in [1.82, 2.24) is 20.2 Å². The molecule has 1 amide bonds. The predicted molar refractivity (Wildman–Crippen MR) is 105 cm³/mol. The summed E-state index contributed by atoms with van der Waals surface area (Å²) in [7, 11) is 0. The molecule has 0 radical (unpaired) electrons. The van der Waals surface area contributed by atoms with Crippen molar-refractivity contribution in [2.24, 2.45) is 5.92 Å². The van der Waals surface area contributed by atoms with Gasteiger partial charge in [0.2, 0.25) is 5.91 Å². The van der Waals surface area contributed by atoms with Gasteiger partial charge in [-0.25, -0.2) is 4.98 Å². The summed E-state index contributed by atoms with van der Waals surface area (Å²) in [6.45, 7) is 8.47. The van der Waals surface area contributed by atoms with Crippen LogP contribution < -0.4 is 10.9 Å². The summed E-state index contributed by atoms with van der Waals surface area (Å²) < 4.78 is 5.75. The Morgan fingerprint density at radius 3 is 3.04 bits per heavy atom. The van der Waals surface area contributed by atoms with Gasteiger partial charge in [0.25, 0.3) is 5.56 Å². The second-order valence-electron chi connectivity index (χ2n) is 7.48. The number of benzene rings is 1. The quantitative estimate of drug-likeness (QED) is 0.766. The number of carbonyl (C=O) groups excluding carboxylic acids is 1. The molecule has 1 aromatic carbocycles. The molecule has 1 aromatic heterocycles. The van der Waals surface area contributed by atoms with Crippen LogP contribution in [0.5, 0.6) is 0 Å². The maximum absolute atomic E-state index is 12.2. The van der Waals surface area contributed by atoms with Gasteiger partial charge in [-0.15, -0.1) is 0 Å². The number of amides is 1. The summed E-state index contributed by atoms with van der Waals surface area (Å²) in [4.78, 5) is 33.8. The highest BCUT2D eigenvalue weighted by atomic mass is 16.5. The average molecular weight is 372 g/mol. The van der Waals surface area contributed by atoms with Crippen LogP contribution in [0.1, 0.15) is 26.1 Å². The minimum Gasteiger partial charge on any atom is -0.374 e. The molecule has 1 aliphatic heterocycles. The van der Waals surface area contributed by atoms with Gasteiger partial charge in [0, 0.05) is 39.0 Å². The van der Waals surface area contributed by atoms with E-state index in [2.05, 4.69) is 34.0 Å². The number of H-pyrrole nitrogens is 1. The number of ether oxygens (including phenoxy) is 1. The van der Waals surface area contributed by atoms with Crippen molar-refractivity contribution in [3.63, 3.8) is 0 Å². The number of nitrogens with one attached hydrogen (secondary N) is 2. The van der Waals surface area contributed by atoms with Crippen LogP contribution in [0.25, 0.3) is 10.9 Å². The van der Waals surface area contributed by atoms with Crippen molar-refractivity contribution in [1.29, 1.82) is 0 Å². The number of fused-ring (bicyclic) bond motifs is 1. The smallest absolute Gasteiger partial charge is 0.258 e. The maximum atomic E-state index is 12.2. The van der Waals surface area contributed by atoms with E-state index in [-0.39, 0.29) is 24.0 Å². The predicted octanol–water partition coefficient (Wildman–Crippen LogP) is 1.33. The summed E-state index contributed by atoms with van der Waals surface area (Å²) in [6.07, 6.45) is 0.709. The van der Waals surface area contributed by atoms with E-state index in [1.807, 2.05) is 12.1 Å². The lowest BCUT2D eigenvalue weighted by molar-refractivity contribution is -0.122. The van der Waals surface area contributed by atoms with Crippen LogP contribution in [0.2, 0.25) is 0 Å². The van der Waals surface area contributed by atoms with Crippen LogP contribution in [-0.4, -0.2) is 59.7 Å². The average Bonchev–Trinajstić information content (AvgIpc) is 2.64. The molecule has 0 bridgehead atoms. The normalized spacial score (nSPS) is 18.1. The topological polar surface area (TPSA) is 87.3 Å². The molecule has 0 spiro atoms. The van der Waals surface area contributed by atoms with Crippen molar-refractivity contribution in [2.45, 2.75) is 32.8 Å². The SMILES string of the molecule is CC(C)CN1CCOC(CNC(=O)CCc2nc3ccccc3c(=O)[nH]2)C1. The van der Waals surface area contributed by atoms with Gasteiger partial charge >= 0.3 is 0 Å². The number of rotatable bonds is 7. The minimum absolute atomic E-state index is 0.0278. The lowest BCUT2D eigenvalue weighted by atomic mass is 10.1. The Bertz CT molecular complexity index is 833. The van der Waals surface area contributed by atoms with E-state index in [4.69, 9.17) is 4.74 Å². The lowest BCUT2D eigenvalue weighted by Crippen LogP contribution is -2.48. The zero-order chi connectivity index (χ0) is 19.2. The third-order valence-electron chi connectivity index (χ3n) is 4.62. The molecule has 27 heavy (non-hydrogen) atoms. The van der Waals surface area contributed by atoms with Crippen molar-refractivity contribution >= 4 is 16.8 Å². The van der Waals surface area contributed by atoms with Gasteiger partial charge in [-0.05, 0) is 18.1 Å². The van der Waals surface area contributed by atoms with E-state index < -0.39 is 0 Å². The van der Waals surface area contributed by atoms with Gasteiger partial charge in [0.1, 0.15) is 5.82 Å². The molecule has 1 aliphatic rings. The highest BCUT2D eigenvalue weighted by Gasteiger charge is 2.21. The number of carbonyl (C=O) groups is 1. The molecule has 1 fully saturated rings. The molecule has 1 unspecified atom stereocenters. The standard InChI is InChI=1S/C20H28N4O3/c1-14(2)12-24-9-10-27-15(13-24)11-21-19(25)8-7-18-22-17-6-4-3-5-16(17)20(26)23-18/h3-6,14-15H,7-13H2,1-2H3,(H,21,25)(H,22,23,26). The van der Waals surface area contributed by atoms with Gasteiger partial charge < -0.3 is 15.0 Å². The first kappa shape index (κ1) is 19.5. The van der Waals surface area contributed by atoms with E-state index in [0.29, 0.717) is 42.2 Å².